The third kappa shape index (κ3) is 2.90. The van der Waals surface area contributed by atoms with E-state index in [0.717, 1.165) is 18.5 Å². The largest absolute Gasteiger partial charge is 0.386 e. The van der Waals surface area contributed by atoms with Crippen molar-refractivity contribution in [3.63, 3.8) is 0 Å². The molecule has 0 bridgehead atoms. The second-order valence-electron chi connectivity index (χ2n) is 5.59. The Kier molecular flexibility index (Phi) is 4.11. The number of hydrogen-bond acceptors (Lipinski definition) is 3. The highest BCUT2D eigenvalue weighted by Gasteiger charge is 2.24. The van der Waals surface area contributed by atoms with E-state index in [0.29, 0.717) is 11.6 Å². The first-order valence-corrected chi connectivity index (χ1v) is 7.50. The molecule has 1 atom stereocenters. The topological polar surface area (TPSA) is 50.9 Å². The van der Waals surface area contributed by atoms with Crippen LogP contribution in [0.3, 0.4) is 0 Å². The Morgan fingerprint density at radius 3 is 2.45 bits per heavy atom. The molecule has 1 N–H and O–H groups in total. The van der Waals surface area contributed by atoms with Gasteiger partial charge in [0.05, 0.1) is 11.9 Å². The van der Waals surface area contributed by atoms with Crippen LogP contribution in [-0.4, -0.2) is 20.1 Å². The average Bonchev–Trinajstić information content (AvgIpc) is 2.83. The van der Waals surface area contributed by atoms with Gasteiger partial charge in [-0.05, 0) is 30.9 Å². The third-order valence-electron chi connectivity index (χ3n) is 4.15. The molecule has 1 aliphatic carbocycles. The van der Waals surface area contributed by atoms with E-state index in [2.05, 4.69) is 10.2 Å². The number of para-hydroxylation sites is 1. The number of benzene rings is 1. The molecule has 4 nitrogen and oxygen atoms in total. The number of aliphatic hydroxyl groups excluding tert-OH is 1. The molecule has 3 rings (SSSR count). The first-order chi connectivity index (χ1) is 9.84. The Bertz CT molecular complexity index is 530. The number of hydrogen-bond donors (Lipinski definition) is 1. The maximum Gasteiger partial charge on any atom is 0.112 e. The summed E-state index contributed by atoms with van der Waals surface area (Å²) >= 11 is 0. The zero-order chi connectivity index (χ0) is 13.8. The first-order valence-electron chi connectivity index (χ1n) is 7.50. The molecule has 1 aromatic carbocycles. The zero-order valence-corrected chi connectivity index (χ0v) is 11.7. The monoisotopic (exact) mass is 271 g/mol. The molecule has 1 saturated carbocycles. The Labute approximate surface area is 119 Å². The predicted octanol–water partition coefficient (Wildman–Crippen LogP) is 3.27. The summed E-state index contributed by atoms with van der Waals surface area (Å²) in [5.74, 6) is 0.332. The lowest BCUT2D eigenvalue weighted by Gasteiger charge is -2.18. The van der Waals surface area contributed by atoms with E-state index in [1.807, 2.05) is 30.3 Å². The highest BCUT2D eigenvalue weighted by atomic mass is 16.3. The molecule has 0 spiro atoms. The van der Waals surface area contributed by atoms with Crippen molar-refractivity contribution in [3.05, 3.63) is 42.2 Å². The number of nitrogens with zero attached hydrogens (tertiary/aromatic N) is 3. The maximum atomic E-state index is 10.5. The van der Waals surface area contributed by atoms with E-state index >= 15 is 0 Å². The Balaban J connectivity index is 1.75. The minimum atomic E-state index is -0.481. The van der Waals surface area contributed by atoms with Crippen LogP contribution in [0.1, 0.15) is 50.3 Å². The predicted molar refractivity (Wildman–Crippen MR) is 77.5 cm³/mol. The second-order valence-corrected chi connectivity index (χ2v) is 5.59. The van der Waals surface area contributed by atoms with Crippen LogP contribution in [0.15, 0.2) is 36.5 Å². The van der Waals surface area contributed by atoms with Gasteiger partial charge in [-0.2, -0.15) is 15.0 Å². The van der Waals surface area contributed by atoms with Gasteiger partial charge in [0.2, 0.25) is 0 Å². The lowest BCUT2D eigenvalue weighted by molar-refractivity contribution is 0.0944. The maximum absolute atomic E-state index is 10.5. The Hall–Kier alpha value is -1.68. The van der Waals surface area contributed by atoms with E-state index in [9.17, 15) is 5.11 Å². The SMILES string of the molecule is OC(c1cnn(-c2ccccc2)n1)C1CCCCCC1. The minimum Gasteiger partial charge on any atom is -0.386 e. The summed E-state index contributed by atoms with van der Waals surface area (Å²) in [6.07, 6.45) is 8.43. The number of aliphatic hydroxyl groups is 1. The molecule has 1 heterocycles. The summed E-state index contributed by atoms with van der Waals surface area (Å²) in [7, 11) is 0. The van der Waals surface area contributed by atoms with Crippen molar-refractivity contribution in [3.8, 4) is 5.69 Å². The Morgan fingerprint density at radius 2 is 1.75 bits per heavy atom. The molecule has 4 heteroatoms. The van der Waals surface area contributed by atoms with Crippen LogP contribution < -0.4 is 0 Å². The van der Waals surface area contributed by atoms with Crippen LogP contribution in [0, 0.1) is 5.92 Å². The summed E-state index contributed by atoms with van der Waals surface area (Å²) < 4.78 is 0. The van der Waals surface area contributed by atoms with Crippen LogP contribution in [0.2, 0.25) is 0 Å². The molecule has 2 aromatic rings. The molecular formula is C16H21N3O. The lowest BCUT2D eigenvalue weighted by atomic mass is 9.92. The summed E-state index contributed by atoms with van der Waals surface area (Å²) in [6.45, 7) is 0. The van der Waals surface area contributed by atoms with Crippen molar-refractivity contribution in [2.45, 2.75) is 44.6 Å². The molecule has 1 aliphatic rings. The van der Waals surface area contributed by atoms with Crippen LogP contribution in [0.5, 0.6) is 0 Å². The lowest BCUT2D eigenvalue weighted by Crippen LogP contribution is -2.13. The molecule has 0 amide bonds. The van der Waals surface area contributed by atoms with Crippen molar-refractivity contribution in [2.75, 3.05) is 0 Å². The zero-order valence-electron chi connectivity index (χ0n) is 11.7. The number of rotatable bonds is 3. The molecule has 20 heavy (non-hydrogen) atoms. The van der Waals surface area contributed by atoms with Crippen molar-refractivity contribution < 1.29 is 5.11 Å². The highest BCUT2D eigenvalue weighted by Crippen LogP contribution is 2.32. The van der Waals surface area contributed by atoms with Crippen LogP contribution >= 0.6 is 0 Å². The molecule has 1 fully saturated rings. The minimum absolute atomic E-state index is 0.332. The van der Waals surface area contributed by atoms with E-state index in [4.69, 9.17) is 0 Å². The molecule has 1 unspecified atom stereocenters. The van der Waals surface area contributed by atoms with Gasteiger partial charge in [0.1, 0.15) is 11.8 Å². The van der Waals surface area contributed by atoms with Gasteiger partial charge in [-0.25, -0.2) is 0 Å². The number of aromatic nitrogens is 3. The van der Waals surface area contributed by atoms with Crippen molar-refractivity contribution in [1.82, 2.24) is 15.0 Å². The fourth-order valence-corrected chi connectivity index (χ4v) is 2.96. The molecule has 0 radical (unpaired) electrons. The first kappa shape index (κ1) is 13.3. The van der Waals surface area contributed by atoms with Crippen molar-refractivity contribution >= 4 is 0 Å². The molecule has 0 saturated heterocycles. The van der Waals surface area contributed by atoms with Crippen LogP contribution in [0.4, 0.5) is 0 Å². The fourth-order valence-electron chi connectivity index (χ4n) is 2.96. The van der Waals surface area contributed by atoms with Crippen LogP contribution in [0.25, 0.3) is 5.69 Å². The quantitative estimate of drug-likeness (QED) is 0.872. The second kappa shape index (κ2) is 6.18. The van der Waals surface area contributed by atoms with Crippen molar-refractivity contribution in [2.24, 2.45) is 5.92 Å². The summed E-state index contributed by atoms with van der Waals surface area (Å²) in [4.78, 5) is 1.59. The molecule has 106 valence electrons. The van der Waals surface area contributed by atoms with Gasteiger partial charge in [0.15, 0.2) is 0 Å². The average molecular weight is 271 g/mol. The normalized spacial score (nSPS) is 18.6. The van der Waals surface area contributed by atoms with Crippen molar-refractivity contribution in [1.29, 1.82) is 0 Å². The molecular weight excluding hydrogens is 250 g/mol. The standard InChI is InChI=1S/C16H21N3O/c20-16(13-8-4-1-2-5-9-13)15-12-17-19(18-15)14-10-6-3-7-11-14/h3,6-7,10-13,16,20H,1-2,4-5,8-9H2. The Morgan fingerprint density at radius 1 is 1.05 bits per heavy atom. The van der Waals surface area contributed by atoms with Gasteiger partial charge in [-0.3, -0.25) is 0 Å². The summed E-state index contributed by atoms with van der Waals surface area (Å²) in [5, 5.41) is 19.2. The van der Waals surface area contributed by atoms with E-state index in [-0.39, 0.29) is 0 Å². The highest BCUT2D eigenvalue weighted by molar-refractivity contribution is 5.28. The van der Waals surface area contributed by atoms with E-state index in [1.54, 1.807) is 11.0 Å². The molecule has 1 aromatic heterocycles. The smallest absolute Gasteiger partial charge is 0.112 e. The summed E-state index contributed by atoms with van der Waals surface area (Å²) in [5.41, 5.74) is 1.62. The van der Waals surface area contributed by atoms with Gasteiger partial charge in [0.25, 0.3) is 0 Å². The van der Waals surface area contributed by atoms with Gasteiger partial charge < -0.3 is 5.11 Å². The van der Waals surface area contributed by atoms with E-state index in [1.165, 1.54) is 25.7 Å². The van der Waals surface area contributed by atoms with Gasteiger partial charge in [0, 0.05) is 0 Å². The molecule has 0 aliphatic heterocycles. The van der Waals surface area contributed by atoms with E-state index < -0.39 is 6.10 Å². The van der Waals surface area contributed by atoms with Crippen LogP contribution in [-0.2, 0) is 0 Å². The van der Waals surface area contributed by atoms with Gasteiger partial charge >= 0.3 is 0 Å². The van der Waals surface area contributed by atoms with Gasteiger partial charge in [-0.15, -0.1) is 0 Å². The summed E-state index contributed by atoms with van der Waals surface area (Å²) in [6, 6.07) is 9.80. The third-order valence-corrected chi connectivity index (χ3v) is 4.15. The fraction of sp³-hybridized carbons (Fsp3) is 0.500. The van der Waals surface area contributed by atoms with Gasteiger partial charge in [-0.1, -0.05) is 43.9 Å².